The summed E-state index contributed by atoms with van der Waals surface area (Å²) in [5.41, 5.74) is 3.35. The summed E-state index contributed by atoms with van der Waals surface area (Å²) in [5, 5.41) is 8.35. The van der Waals surface area contributed by atoms with Crippen LogP contribution in [0.25, 0.3) is 11.0 Å². The van der Waals surface area contributed by atoms with Crippen LogP contribution >= 0.6 is 0 Å². The number of nitrogens with zero attached hydrogens (tertiary/aromatic N) is 5. The molecule has 0 radical (unpaired) electrons. The van der Waals surface area contributed by atoms with E-state index in [2.05, 4.69) is 15.4 Å². The zero-order valence-corrected chi connectivity index (χ0v) is 14.6. The molecule has 7 nitrogen and oxygen atoms in total. The first kappa shape index (κ1) is 15.8. The van der Waals surface area contributed by atoms with E-state index in [0.717, 1.165) is 48.2 Å². The number of rotatable bonds is 6. The van der Waals surface area contributed by atoms with Gasteiger partial charge in [0.05, 0.1) is 23.0 Å². The summed E-state index contributed by atoms with van der Waals surface area (Å²) in [7, 11) is 1.88. The van der Waals surface area contributed by atoms with Gasteiger partial charge in [0, 0.05) is 44.1 Å². The number of amides is 1. The Morgan fingerprint density at radius 2 is 2.24 bits per heavy atom. The van der Waals surface area contributed by atoms with E-state index in [-0.39, 0.29) is 5.91 Å². The fraction of sp³-hybridized carbons (Fsp3) is 0.444. The van der Waals surface area contributed by atoms with E-state index in [4.69, 9.17) is 4.98 Å². The highest BCUT2D eigenvalue weighted by Gasteiger charge is 2.28. The molecule has 0 aromatic carbocycles. The summed E-state index contributed by atoms with van der Waals surface area (Å²) < 4.78 is 3.78. The van der Waals surface area contributed by atoms with Crippen molar-refractivity contribution in [2.24, 2.45) is 7.05 Å². The van der Waals surface area contributed by atoms with Crippen molar-refractivity contribution in [3.63, 3.8) is 0 Å². The molecule has 1 aliphatic rings. The van der Waals surface area contributed by atoms with Crippen molar-refractivity contribution >= 4 is 16.9 Å². The molecule has 4 rings (SSSR count). The summed E-state index contributed by atoms with van der Waals surface area (Å²) in [6, 6.07) is 1.96. The lowest BCUT2D eigenvalue weighted by Gasteiger charge is -2.09. The smallest absolute Gasteiger partial charge is 0.252 e. The average molecular weight is 338 g/mol. The third-order valence-electron chi connectivity index (χ3n) is 4.67. The lowest BCUT2D eigenvalue weighted by molar-refractivity contribution is 0.0954. The number of carbonyl (C=O) groups excluding carboxylic acids is 1. The second kappa shape index (κ2) is 6.31. The van der Waals surface area contributed by atoms with Gasteiger partial charge in [-0.05, 0) is 32.3 Å². The highest BCUT2D eigenvalue weighted by molar-refractivity contribution is 6.06. The zero-order chi connectivity index (χ0) is 17.4. The van der Waals surface area contributed by atoms with Gasteiger partial charge >= 0.3 is 0 Å². The molecule has 3 heterocycles. The Hall–Kier alpha value is -2.70. The molecule has 3 aromatic heterocycles. The van der Waals surface area contributed by atoms with E-state index in [1.807, 2.05) is 30.8 Å². The van der Waals surface area contributed by atoms with Crippen LogP contribution in [0.5, 0.6) is 0 Å². The highest BCUT2D eigenvalue weighted by atomic mass is 16.1. The average Bonchev–Trinajstić information content (AvgIpc) is 3.25. The standard InChI is InChI=1S/C18H22N6O/c1-12-16-14(18(25)20-6-3-8-24-9-7-19-11-24)10-15(13-4-5-13)21-17(16)23(2)22-12/h7,9-11,13H,3-6,8H2,1-2H3,(H,20,25). The Morgan fingerprint density at radius 3 is 2.96 bits per heavy atom. The number of hydrogen-bond acceptors (Lipinski definition) is 4. The van der Waals surface area contributed by atoms with E-state index in [9.17, 15) is 4.79 Å². The van der Waals surface area contributed by atoms with Crippen LogP contribution < -0.4 is 5.32 Å². The van der Waals surface area contributed by atoms with Gasteiger partial charge in [-0.15, -0.1) is 0 Å². The maximum Gasteiger partial charge on any atom is 0.252 e. The Kier molecular flexibility index (Phi) is 3.99. The summed E-state index contributed by atoms with van der Waals surface area (Å²) in [4.78, 5) is 21.5. The van der Waals surface area contributed by atoms with E-state index < -0.39 is 0 Å². The number of nitrogens with one attached hydrogen (secondary N) is 1. The van der Waals surface area contributed by atoms with Crippen LogP contribution in [0.15, 0.2) is 24.8 Å². The van der Waals surface area contributed by atoms with Crippen LogP contribution in [0.4, 0.5) is 0 Å². The van der Waals surface area contributed by atoms with Crippen molar-refractivity contribution in [3.05, 3.63) is 41.7 Å². The quantitative estimate of drug-likeness (QED) is 0.699. The van der Waals surface area contributed by atoms with Crippen molar-refractivity contribution in [2.75, 3.05) is 6.54 Å². The molecule has 130 valence electrons. The second-order valence-corrected chi connectivity index (χ2v) is 6.69. The van der Waals surface area contributed by atoms with Crippen molar-refractivity contribution in [3.8, 4) is 0 Å². The first-order valence-corrected chi connectivity index (χ1v) is 8.71. The predicted octanol–water partition coefficient (Wildman–Crippen LogP) is 2.17. The third kappa shape index (κ3) is 3.14. The van der Waals surface area contributed by atoms with Crippen LogP contribution in [0.2, 0.25) is 0 Å². The van der Waals surface area contributed by atoms with E-state index >= 15 is 0 Å². The minimum Gasteiger partial charge on any atom is -0.352 e. The number of aromatic nitrogens is 5. The lowest BCUT2D eigenvalue weighted by Crippen LogP contribution is -2.25. The molecule has 0 atom stereocenters. The molecule has 1 aliphatic carbocycles. The Balaban J connectivity index is 1.53. The van der Waals surface area contributed by atoms with Crippen LogP contribution in [0.3, 0.4) is 0 Å². The van der Waals surface area contributed by atoms with Crippen LogP contribution in [-0.4, -0.2) is 36.8 Å². The van der Waals surface area contributed by atoms with Gasteiger partial charge in [0.25, 0.3) is 5.91 Å². The van der Waals surface area contributed by atoms with Crippen LogP contribution in [-0.2, 0) is 13.6 Å². The number of aryl methyl sites for hydroxylation is 3. The zero-order valence-electron chi connectivity index (χ0n) is 14.6. The Morgan fingerprint density at radius 1 is 1.40 bits per heavy atom. The number of imidazole rings is 1. The SMILES string of the molecule is Cc1nn(C)c2nc(C3CC3)cc(C(=O)NCCCn3ccnc3)c12. The largest absolute Gasteiger partial charge is 0.352 e. The predicted molar refractivity (Wildman–Crippen MR) is 94.4 cm³/mol. The molecule has 25 heavy (non-hydrogen) atoms. The summed E-state index contributed by atoms with van der Waals surface area (Å²) >= 11 is 0. The topological polar surface area (TPSA) is 77.6 Å². The molecule has 3 aromatic rings. The number of fused-ring (bicyclic) bond motifs is 1. The van der Waals surface area contributed by atoms with E-state index in [1.165, 1.54) is 0 Å². The monoisotopic (exact) mass is 338 g/mol. The Labute approximate surface area is 146 Å². The molecule has 0 bridgehead atoms. The summed E-state index contributed by atoms with van der Waals surface area (Å²) in [6.07, 6.45) is 8.64. The minimum atomic E-state index is -0.0453. The van der Waals surface area contributed by atoms with Gasteiger partial charge in [0.1, 0.15) is 0 Å². The van der Waals surface area contributed by atoms with Crippen molar-refractivity contribution in [1.82, 2.24) is 29.6 Å². The van der Waals surface area contributed by atoms with Crippen molar-refractivity contribution in [1.29, 1.82) is 0 Å². The van der Waals surface area contributed by atoms with Gasteiger partial charge in [0.15, 0.2) is 5.65 Å². The molecular weight excluding hydrogens is 316 g/mol. The molecule has 0 saturated heterocycles. The highest BCUT2D eigenvalue weighted by Crippen LogP contribution is 2.40. The number of carbonyl (C=O) groups is 1. The molecule has 1 amide bonds. The van der Waals surface area contributed by atoms with Crippen LogP contribution in [0.1, 0.15) is 46.9 Å². The first-order chi connectivity index (χ1) is 12.1. The van der Waals surface area contributed by atoms with Gasteiger partial charge < -0.3 is 9.88 Å². The molecule has 1 saturated carbocycles. The second-order valence-electron chi connectivity index (χ2n) is 6.69. The molecule has 0 spiro atoms. The van der Waals surface area contributed by atoms with Crippen molar-refractivity contribution < 1.29 is 4.79 Å². The molecule has 0 aliphatic heterocycles. The van der Waals surface area contributed by atoms with Crippen LogP contribution in [0, 0.1) is 6.92 Å². The third-order valence-corrected chi connectivity index (χ3v) is 4.67. The summed E-state index contributed by atoms with van der Waals surface area (Å²) in [5.74, 6) is 0.448. The normalized spacial score (nSPS) is 14.2. The van der Waals surface area contributed by atoms with Gasteiger partial charge in [0.2, 0.25) is 0 Å². The maximum atomic E-state index is 12.8. The molecule has 7 heteroatoms. The Bertz CT molecular complexity index is 907. The fourth-order valence-electron chi connectivity index (χ4n) is 3.21. The minimum absolute atomic E-state index is 0.0453. The first-order valence-electron chi connectivity index (χ1n) is 8.71. The van der Waals surface area contributed by atoms with Crippen molar-refractivity contribution in [2.45, 2.75) is 38.6 Å². The number of pyridine rings is 1. The maximum absolute atomic E-state index is 12.8. The molecule has 0 unspecified atom stereocenters. The molecule has 1 N–H and O–H groups in total. The number of hydrogen-bond donors (Lipinski definition) is 1. The van der Waals surface area contributed by atoms with Gasteiger partial charge in [-0.1, -0.05) is 0 Å². The van der Waals surface area contributed by atoms with E-state index in [1.54, 1.807) is 17.2 Å². The molecule has 1 fully saturated rings. The van der Waals surface area contributed by atoms with Gasteiger partial charge in [-0.2, -0.15) is 5.10 Å². The molecular formula is C18H22N6O. The van der Waals surface area contributed by atoms with Gasteiger partial charge in [-0.25, -0.2) is 9.97 Å². The fourth-order valence-corrected chi connectivity index (χ4v) is 3.21. The van der Waals surface area contributed by atoms with Gasteiger partial charge in [-0.3, -0.25) is 9.48 Å². The summed E-state index contributed by atoms with van der Waals surface area (Å²) in [6.45, 7) is 3.39. The van der Waals surface area contributed by atoms with E-state index in [0.29, 0.717) is 18.0 Å². The lowest BCUT2D eigenvalue weighted by atomic mass is 10.1.